The van der Waals surface area contributed by atoms with Crippen LogP contribution in [0.15, 0.2) is 18.2 Å². The van der Waals surface area contributed by atoms with E-state index < -0.39 is 10.9 Å². The second-order valence-electron chi connectivity index (χ2n) is 5.16. The molecule has 2 rings (SSSR count). The molecule has 20 heavy (non-hydrogen) atoms. The van der Waals surface area contributed by atoms with E-state index in [0.29, 0.717) is 5.69 Å². The van der Waals surface area contributed by atoms with E-state index in [1.165, 1.54) is 6.07 Å². The molecule has 1 aliphatic rings. The smallest absolute Gasteiger partial charge is 0.335 e. The normalized spacial score (nSPS) is 19.4. The van der Waals surface area contributed by atoms with Crippen molar-refractivity contribution < 1.29 is 14.8 Å². The quantitative estimate of drug-likeness (QED) is 0.678. The molecule has 0 spiro atoms. The zero-order chi connectivity index (χ0) is 14.7. The van der Waals surface area contributed by atoms with E-state index in [1.807, 2.05) is 4.90 Å². The van der Waals surface area contributed by atoms with Crippen molar-refractivity contribution in [2.75, 3.05) is 11.4 Å². The Morgan fingerprint density at radius 2 is 2.15 bits per heavy atom. The van der Waals surface area contributed by atoms with Crippen LogP contribution >= 0.6 is 0 Å². The number of nitrogens with zero attached hydrogens (tertiary/aromatic N) is 2. The van der Waals surface area contributed by atoms with E-state index in [2.05, 4.69) is 6.92 Å². The van der Waals surface area contributed by atoms with Crippen LogP contribution in [0.5, 0.6) is 0 Å². The lowest BCUT2D eigenvalue weighted by Gasteiger charge is -2.29. The number of anilines is 1. The number of rotatable bonds is 3. The van der Waals surface area contributed by atoms with E-state index in [9.17, 15) is 14.9 Å². The molecule has 1 aliphatic heterocycles. The number of carboxylic acid groups (broad SMARTS) is 1. The van der Waals surface area contributed by atoms with Crippen LogP contribution in [0, 0.1) is 10.1 Å². The minimum atomic E-state index is -1.15. The highest BCUT2D eigenvalue weighted by molar-refractivity contribution is 5.89. The predicted octanol–water partition coefficient (Wildman–Crippen LogP) is 3.06. The topological polar surface area (TPSA) is 83.7 Å². The molecule has 1 fully saturated rings. The van der Waals surface area contributed by atoms with Gasteiger partial charge in [0.25, 0.3) is 5.69 Å². The number of nitro benzene ring substituents is 1. The molecule has 6 nitrogen and oxygen atoms in total. The van der Waals surface area contributed by atoms with Crippen molar-refractivity contribution in [1.82, 2.24) is 0 Å². The number of carbonyl (C=O) groups is 1. The van der Waals surface area contributed by atoms with Crippen LogP contribution in [-0.2, 0) is 0 Å². The molecule has 1 unspecified atom stereocenters. The fourth-order valence-electron chi connectivity index (χ4n) is 2.68. The molecule has 0 bridgehead atoms. The number of aromatic carboxylic acids is 1. The average molecular weight is 278 g/mol. The zero-order valence-corrected chi connectivity index (χ0v) is 11.4. The van der Waals surface area contributed by atoms with Crippen molar-refractivity contribution in [3.8, 4) is 0 Å². The van der Waals surface area contributed by atoms with Gasteiger partial charge in [-0.1, -0.05) is 12.8 Å². The predicted molar refractivity (Wildman–Crippen MR) is 75.3 cm³/mol. The van der Waals surface area contributed by atoms with Crippen LogP contribution in [0.1, 0.15) is 43.0 Å². The van der Waals surface area contributed by atoms with Gasteiger partial charge in [-0.25, -0.2) is 4.79 Å². The number of hydrogen-bond acceptors (Lipinski definition) is 4. The Hall–Kier alpha value is -2.11. The summed E-state index contributed by atoms with van der Waals surface area (Å²) in [4.78, 5) is 23.7. The molecular weight excluding hydrogens is 260 g/mol. The first-order valence-electron chi connectivity index (χ1n) is 6.79. The van der Waals surface area contributed by atoms with Gasteiger partial charge in [-0.05, 0) is 31.9 Å². The van der Waals surface area contributed by atoms with Crippen LogP contribution in [0.2, 0.25) is 0 Å². The van der Waals surface area contributed by atoms with E-state index in [1.54, 1.807) is 6.07 Å². The van der Waals surface area contributed by atoms with Gasteiger partial charge in [-0.3, -0.25) is 10.1 Å². The van der Waals surface area contributed by atoms with Crippen LogP contribution in [-0.4, -0.2) is 28.6 Å². The first kappa shape index (κ1) is 14.3. The first-order chi connectivity index (χ1) is 9.50. The highest BCUT2D eigenvalue weighted by atomic mass is 16.6. The second kappa shape index (κ2) is 5.90. The van der Waals surface area contributed by atoms with E-state index in [0.717, 1.165) is 38.3 Å². The SMILES string of the molecule is CC1CCCCCN1c1ccc(C(=O)O)cc1[N+](=O)[O-]. The van der Waals surface area contributed by atoms with Gasteiger partial charge in [0.15, 0.2) is 0 Å². The van der Waals surface area contributed by atoms with E-state index >= 15 is 0 Å². The minimum absolute atomic E-state index is 0.0528. The summed E-state index contributed by atoms with van der Waals surface area (Å²) in [5.41, 5.74) is 0.343. The molecule has 1 heterocycles. The molecule has 0 saturated carbocycles. The Morgan fingerprint density at radius 1 is 1.40 bits per heavy atom. The molecule has 6 heteroatoms. The standard InChI is InChI=1S/C14H18N2O4/c1-10-5-3-2-4-8-15(10)12-7-6-11(14(17)18)9-13(12)16(19)20/h6-7,9-10H,2-5,8H2,1H3,(H,17,18). The molecule has 0 radical (unpaired) electrons. The Balaban J connectivity index is 2.43. The molecule has 1 aromatic carbocycles. The number of nitro groups is 1. The van der Waals surface area contributed by atoms with Gasteiger partial charge in [0.05, 0.1) is 10.5 Å². The van der Waals surface area contributed by atoms with Crippen molar-refractivity contribution in [1.29, 1.82) is 0 Å². The van der Waals surface area contributed by atoms with E-state index in [4.69, 9.17) is 5.11 Å². The molecule has 0 aliphatic carbocycles. The third-order valence-corrected chi connectivity index (χ3v) is 3.78. The Labute approximate surface area is 117 Å². The molecule has 1 aromatic rings. The summed E-state index contributed by atoms with van der Waals surface area (Å²) in [5, 5.41) is 20.2. The second-order valence-corrected chi connectivity index (χ2v) is 5.16. The van der Waals surface area contributed by atoms with Gasteiger partial charge in [0.2, 0.25) is 0 Å². The third-order valence-electron chi connectivity index (χ3n) is 3.78. The number of benzene rings is 1. The fraction of sp³-hybridized carbons (Fsp3) is 0.500. The lowest BCUT2D eigenvalue weighted by molar-refractivity contribution is -0.384. The van der Waals surface area contributed by atoms with E-state index in [-0.39, 0.29) is 17.3 Å². The zero-order valence-electron chi connectivity index (χ0n) is 11.4. The molecule has 1 atom stereocenters. The van der Waals surface area contributed by atoms with Crippen LogP contribution in [0.25, 0.3) is 0 Å². The van der Waals surface area contributed by atoms with Crippen molar-refractivity contribution >= 4 is 17.3 Å². The molecule has 0 amide bonds. The molecule has 1 saturated heterocycles. The fourth-order valence-corrected chi connectivity index (χ4v) is 2.68. The summed E-state index contributed by atoms with van der Waals surface area (Å²) < 4.78 is 0. The molecular formula is C14H18N2O4. The number of hydrogen-bond donors (Lipinski definition) is 1. The summed E-state index contributed by atoms with van der Waals surface area (Å²) in [6, 6.07) is 4.37. The monoisotopic (exact) mass is 278 g/mol. The summed E-state index contributed by atoms with van der Waals surface area (Å²) in [6.07, 6.45) is 4.25. The Kier molecular flexibility index (Phi) is 4.22. The summed E-state index contributed by atoms with van der Waals surface area (Å²) in [6.45, 7) is 2.83. The van der Waals surface area contributed by atoms with Gasteiger partial charge in [0.1, 0.15) is 5.69 Å². The van der Waals surface area contributed by atoms with Crippen LogP contribution in [0.4, 0.5) is 11.4 Å². The van der Waals surface area contributed by atoms with Gasteiger partial charge in [-0.15, -0.1) is 0 Å². The molecule has 108 valence electrons. The van der Waals surface area contributed by atoms with Crippen molar-refractivity contribution in [3.63, 3.8) is 0 Å². The maximum absolute atomic E-state index is 11.2. The minimum Gasteiger partial charge on any atom is -0.478 e. The van der Waals surface area contributed by atoms with Crippen molar-refractivity contribution in [2.24, 2.45) is 0 Å². The maximum atomic E-state index is 11.2. The summed E-state index contributed by atoms with van der Waals surface area (Å²) in [7, 11) is 0. The third kappa shape index (κ3) is 2.89. The van der Waals surface area contributed by atoms with Gasteiger partial charge in [-0.2, -0.15) is 0 Å². The van der Waals surface area contributed by atoms with Gasteiger partial charge >= 0.3 is 5.97 Å². The lowest BCUT2D eigenvalue weighted by Crippen LogP contribution is -2.33. The first-order valence-corrected chi connectivity index (χ1v) is 6.79. The Bertz CT molecular complexity index is 530. The average Bonchev–Trinajstić information content (AvgIpc) is 2.62. The van der Waals surface area contributed by atoms with Gasteiger partial charge < -0.3 is 10.0 Å². The Morgan fingerprint density at radius 3 is 2.80 bits per heavy atom. The van der Waals surface area contributed by atoms with Crippen LogP contribution in [0.3, 0.4) is 0 Å². The summed E-state index contributed by atoms with van der Waals surface area (Å²) >= 11 is 0. The largest absolute Gasteiger partial charge is 0.478 e. The molecule has 1 N–H and O–H groups in total. The van der Waals surface area contributed by atoms with Crippen LogP contribution < -0.4 is 4.90 Å². The maximum Gasteiger partial charge on any atom is 0.335 e. The highest BCUT2D eigenvalue weighted by Gasteiger charge is 2.25. The molecule has 0 aromatic heterocycles. The van der Waals surface area contributed by atoms with Crippen molar-refractivity contribution in [3.05, 3.63) is 33.9 Å². The number of carboxylic acids is 1. The van der Waals surface area contributed by atoms with Crippen molar-refractivity contribution in [2.45, 2.75) is 38.6 Å². The summed E-state index contributed by atoms with van der Waals surface area (Å²) in [5.74, 6) is -1.15. The highest BCUT2D eigenvalue weighted by Crippen LogP contribution is 2.33. The van der Waals surface area contributed by atoms with Gasteiger partial charge in [0, 0.05) is 18.7 Å². The lowest BCUT2D eigenvalue weighted by atomic mass is 10.1.